The minimum atomic E-state index is -0.507. The summed E-state index contributed by atoms with van der Waals surface area (Å²) < 4.78 is 0. The highest BCUT2D eigenvalue weighted by molar-refractivity contribution is 5.97. The molecule has 1 aliphatic heterocycles. The first kappa shape index (κ1) is 26.7. The average Bonchev–Trinajstić information content (AvgIpc) is 3.29. The summed E-state index contributed by atoms with van der Waals surface area (Å²) in [5, 5.41) is 24.1. The van der Waals surface area contributed by atoms with Crippen LogP contribution in [0.5, 0.6) is 5.75 Å². The highest BCUT2D eigenvalue weighted by atomic mass is 16.3. The van der Waals surface area contributed by atoms with E-state index in [1.54, 1.807) is 12.1 Å². The van der Waals surface area contributed by atoms with Gasteiger partial charge in [0, 0.05) is 12.6 Å². The van der Waals surface area contributed by atoms with Crippen LogP contribution >= 0.6 is 0 Å². The zero-order valence-electron chi connectivity index (χ0n) is 21.6. The van der Waals surface area contributed by atoms with Crippen LogP contribution in [-0.4, -0.2) is 52.3 Å². The molecule has 1 aliphatic carbocycles. The average molecular weight is 506 g/mol. The van der Waals surface area contributed by atoms with Crippen molar-refractivity contribution in [3.8, 4) is 5.75 Å². The molecule has 8 heteroatoms. The highest BCUT2D eigenvalue weighted by Crippen LogP contribution is 2.40. The second kappa shape index (κ2) is 12.2. The third-order valence-corrected chi connectivity index (χ3v) is 7.69. The molecule has 0 radical (unpaired) electrons. The summed E-state index contributed by atoms with van der Waals surface area (Å²) in [7, 11) is 0. The van der Waals surface area contributed by atoms with Crippen LogP contribution in [0, 0.1) is 11.3 Å². The topological polar surface area (TPSA) is 132 Å². The number of rotatable bonds is 10. The molecule has 0 unspecified atom stereocenters. The molecule has 2 amide bonds. The molecule has 37 heavy (non-hydrogen) atoms. The Labute approximate surface area is 219 Å². The summed E-state index contributed by atoms with van der Waals surface area (Å²) in [6.45, 7) is 3.04. The summed E-state index contributed by atoms with van der Waals surface area (Å²) in [4.78, 5) is 29.4. The number of fused-ring (bicyclic) bond motifs is 1. The zero-order chi connectivity index (χ0) is 26.4. The number of phenolic OH excluding ortho intramolecular Hbond substituents is 1. The van der Waals surface area contributed by atoms with Gasteiger partial charge < -0.3 is 26.4 Å². The predicted molar refractivity (Wildman–Crippen MR) is 144 cm³/mol. The third-order valence-electron chi connectivity index (χ3n) is 7.69. The molecule has 6 N–H and O–H groups in total. The largest absolute Gasteiger partial charge is 0.507 e. The summed E-state index contributed by atoms with van der Waals surface area (Å²) >= 11 is 0. The number of carbonyl (C=O) groups is 2. The van der Waals surface area contributed by atoms with Crippen LogP contribution in [0.2, 0.25) is 0 Å². The Morgan fingerprint density at radius 2 is 1.89 bits per heavy atom. The smallest absolute Gasteiger partial charge is 0.243 e. The monoisotopic (exact) mass is 505 g/mol. The lowest BCUT2D eigenvalue weighted by Crippen LogP contribution is -2.56. The van der Waals surface area contributed by atoms with Crippen LogP contribution in [-0.2, 0) is 22.6 Å². The lowest BCUT2D eigenvalue weighted by atomic mass is 9.84. The van der Waals surface area contributed by atoms with Crippen molar-refractivity contribution in [1.29, 1.82) is 5.41 Å². The molecule has 2 fully saturated rings. The van der Waals surface area contributed by atoms with Gasteiger partial charge in [0.1, 0.15) is 17.6 Å². The molecule has 0 bridgehead atoms. The number of likely N-dealkylation sites (tertiary alicyclic amines) is 1. The molecular weight excluding hydrogens is 466 g/mol. The third kappa shape index (κ3) is 6.31. The van der Waals surface area contributed by atoms with E-state index in [2.05, 4.69) is 17.6 Å². The van der Waals surface area contributed by atoms with E-state index < -0.39 is 6.04 Å². The Morgan fingerprint density at radius 1 is 1.14 bits per heavy atom. The van der Waals surface area contributed by atoms with Crippen LogP contribution in [0.1, 0.15) is 62.1 Å². The number of hydrogen-bond donors (Lipinski definition) is 5. The summed E-state index contributed by atoms with van der Waals surface area (Å²) in [6.07, 6.45) is 6.39. The van der Waals surface area contributed by atoms with Gasteiger partial charge in [-0.25, -0.2) is 0 Å². The van der Waals surface area contributed by atoms with Gasteiger partial charge in [0.05, 0.1) is 11.6 Å². The van der Waals surface area contributed by atoms with Gasteiger partial charge in [-0.15, -0.1) is 0 Å². The number of amides is 2. The number of amidine groups is 1. The Bertz CT molecular complexity index is 1110. The Morgan fingerprint density at radius 3 is 2.59 bits per heavy atom. The molecule has 0 spiro atoms. The van der Waals surface area contributed by atoms with Crippen molar-refractivity contribution in [2.75, 3.05) is 6.54 Å². The van der Waals surface area contributed by atoms with E-state index in [-0.39, 0.29) is 47.6 Å². The lowest BCUT2D eigenvalue weighted by molar-refractivity contribution is -0.142. The Balaban J connectivity index is 1.51. The maximum atomic E-state index is 14.1. The molecule has 1 heterocycles. The quantitative estimate of drug-likeness (QED) is 0.250. The SMILES string of the molecule is CCCN[C@H](Cc1ccccc1)C(=O)N1[C@H](C(=O)NCc2ccc(C(=N)N)c(O)c2)C[C@@H]2CCCC[C@@H]21. The lowest BCUT2D eigenvalue weighted by Gasteiger charge is -2.36. The number of nitrogen functional groups attached to an aromatic ring is 1. The first-order chi connectivity index (χ1) is 17.9. The minimum absolute atomic E-state index is 0.00955. The van der Waals surface area contributed by atoms with Crippen LogP contribution in [0.15, 0.2) is 48.5 Å². The van der Waals surface area contributed by atoms with Crippen molar-refractivity contribution in [2.45, 2.75) is 76.5 Å². The van der Waals surface area contributed by atoms with Gasteiger partial charge in [0.25, 0.3) is 0 Å². The fourth-order valence-corrected chi connectivity index (χ4v) is 5.83. The normalized spacial score (nSPS) is 21.8. The molecule has 0 aromatic heterocycles. The maximum Gasteiger partial charge on any atom is 0.243 e. The summed E-state index contributed by atoms with van der Waals surface area (Å²) in [6, 6.07) is 14.1. The molecule has 8 nitrogen and oxygen atoms in total. The molecule has 1 saturated carbocycles. The fourth-order valence-electron chi connectivity index (χ4n) is 5.83. The van der Waals surface area contributed by atoms with Crippen molar-refractivity contribution < 1.29 is 14.7 Å². The number of carbonyl (C=O) groups excluding carboxylic acids is 2. The van der Waals surface area contributed by atoms with Crippen molar-refractivity contribution in [1.82, 2.24) is 15.5 Å². The molecule has 1 saturated heterocycles. The van der Waals surface area contributed by atoms with Crippen LogP contribution in [0.4, 0.5) is 0 Å². The highest BCUT2D eigenvalue weighted by Gasteiger charge is 2.48. The number of nitrogens with zero attached hydrogens (tertiary/aromatic N) is 1. The van der Waals surface area contributed by atoms with Crippen LogP contribution in [0.25, 0.3) is 0 Å². The van der Waals surface area contributed by atoms with Gasteiger partial charge in [-0.2, -0.15) is 0 Å². The number of nitrogens with two attached hydrogens (primary N) is 1. The van der Waals surface area contributed by atoms with E-state index in [0.29, 0.717) is 24.3 Å². The van der Waals surface area contributed by atoms with Crippen molar-refractivity contribution in [3.05, 3.63) is 65.2 Å². The molecular formula is C29H39N5O3. The second-order valence-electron chi connectivity index (χ2n) is 10.3. The Kier molecular flexibility index (Phi) is 8.82. The first-order valence-corrected chi connectivity index (χ1v) is 13.4. The predicted octanol–water partition coefficient (Wildman–Crippen LogP) is 3.06. The van der Waals surface area contributed by atoms with E-state index in [1.807, 2.05) is 35.2 Å². The van der Waals surface area contributed by atoms with Gasteiger partial charge in [-0.05, 0) is 67.8 Å². The van der Waals surface area contributed by atoms with Crippen LogP contribution < -0.4 is 16.4 Å². The number of hydrogen-bond acceptors (Lipinski definition) is 5. The van der Waals surface area contributed by atoms with Crippen molar-refractivity contribution >= 4 is 17.6 Å². The van der Waals surface area contributed by atoms with Gasteiger partial charge in [-0.3, -0.25) is 15.0 Å². The summed E-state index contributed by atoms with van der Waals surface area (Å²) in [5.74, 6) is -0.107. The maximum absolute atomic E-state index is 14.1. The molecule has 4 rings (SSSR count). The van der Waals surface area contributed by atoms with Crippen LogP contribution in [0.3, 0.4) is 0 Å². The summed E-state index contributed by atoms with van der Waals surface area (Å²) in [5.41, 5.74) is 7.55. The van der Waals surface area contributed by atoms with Gasteiger partial charge >= 0.3 is 0 Å². The molecule has 2 aromatic carbocycles. The minimum Gasteiger partial charge on any atom is -0.507 e. The first-order valence-electron chi connectivity index (χ1n) is 13.4. The van der Waals surface area contributed by atoms with Gasteiger partial charge in [-0.1, -0.05) is 56.2 Å². The van der Waals surface area contributed by atoms with E-state index in [0.717, 1.165) is 44.2 Å². The molecule has 198 valence electrons. The molecule has 2 aromatic rings. The standard InChI is InChI=1S/C29H39N5O3/c1-2-14-32-23(15-19-8-4-3-5-9-19)29(37)34-24-11-7-6-10-21(24)17-25(34)28(36)33-18-20-12-13-22(27(30)31)26(35)16-20/h3-5,8-9,12-13,16,21,23-25,32,35H,2,6-7,10-11,14-15,17-18H2,1H3,(H3,30,31)(H,33,36)/t21-,23+,24-,25-/m0/s1. The number of benzene rings is 2. The van der Waals surface area contributed by atoms with E-state index in [1.165, 1.54) is 6.07 Å². The van der Waals surface area contributed by atoms with Gasteiger partial charge in [0.15, 0.2) is 0 Å². The van der Waals surface area contributed by atoms with Crippen molar-refractivity contribution in [3.63, 3.8) is 0 Å². The van der Waals surface area contributed by atoms with E-state index >= 15 is 0 Å². The zero-order valence-corrected chi connectivity index (χ0v) is 21.6. The van der Waals surface area contributed by atoms with E-state index in [9.17, 15) is 14.7 Å². The number of phenols is 1. The number of aromatic hydroxyl groups is 1. The van der Waals surface area contributed by atoms with E-state index in [4.69, 9.17) is 11.1 Å². The second-order valence-corrected chi connectivity index (χ2v) is 10.3. The molecule has 2 aliphatic rings. The number of nitrogens with one attached hydrogen (secondary N) is 3. The fraction of sp³-hybridized carbons (Fsp3) is 0.483. The van der Waals surface area contributed by atoms with Crippen molar-refractivity contribution in [2.24, 2.45) is 11.7 Å². The Hall–Kier alpha value is -3.39. The van der Waals surface area contributed by atoms with Gasteiger partial charge in [0.2, 0.25) is 11.8 Å². The molecule has 4 atom stereocenters.